The fourth-order valence-electron chi connectivity index (χ4n) is 1.61. The second kappa shape index (κ2) is 5.58. The van der Waals surface area contributed by atoms with Gasteiger partial charge in [0.15, 0.2) is 0 Å². The Hall–Kier alpha value is -0.970. The largest absolute Gasteiger partial charge is 0.330 e. The normalized spacial score (nSPS) is 10.5. The van der Waals surface area contributed by atoms with E-state index in [4.69, 9.17) is 5.73 Å². The van der Waals surface area contributed by atoms with Crippen molar-refractivity contribution in [1.29, 1.82) is 0 Å². The minimum atomic E-state index is 0.0690. The smallest absolute Gasteiger partial charge is 0.202 e. The third-order valence-electron chi connectivity index (χ3n) is 2.41. The number of nitrogens with two attached hydrogens (primary N) is 1. The lowest BCUT2D eigenvalue weighted by atomic mass is 10.0. The molecule has 0 atom stereocenters. The van der Waals surface area contributed by atoms with E-state index in [-0.39, 0.29) is 5.78 Å². The molecule has 0 amide bonds. The molecule has 88 valence electrons. The van der Waals surface area contributed by atoms with E-state index in [1.807, 2.05) is 35.7 Å². The van der Waals surface area contributed by atoms with Gasteiger partial charge in [-0.2, -0.15) is 0 Å². The molecule has 2 nitrogen and oxygen atoms in total. The summed E-state index contributed by atoms with van der Waals surface area (Å²) in [6.07, 6.45) is 0.801. The maximum absolute atomic E-state index is 12.2. The predicted octanol–water partition coefficient (Wildman–Crippen LogP) is 3.24. The van der Waals surface area contributed by atoms with Crippen LogP contribution in [-0.4, -0.2) is 12.3 Å². The molecule has 0 bridgehead atoms. The van der Waals surface area contributed by atoms with Crippen LogP contribution in [0.5, 0.6) is 0 Å². The molecule has 0 aliphatic rings. The molecule has 0 spiro atoms. The quantitative estimate of drug-likeness (QED) is 0.881. The summed E-state index contributed by atoms with van der Waals surface area (Å²) in [5, 5.41) is 1.91. The van der Waals surface area contributed by atoms with Gasteiger partial charge in [-0.15, -0.1) is 11.3 Å². The molecule has 0 saturated heterocycles. The molecule has 0 unspecified atom stereocenters. The van der Waals surface area contributed by atoms with Crippen molar-refractivity contribution in [3.63, 3.8) is 0 Å². The van der Waals surface area contributed by atoms with Gasteiger partial charge in [0.2, 0.25) is 5.78 Å². The van der Waals surface area contributed by atoms with Crippen molar-refractivity contribution in [2.75, 3.05) is 6.54 Å². The Kier molecular flexibility index (Phi) is 4.10. The highest BCUT2D eigenvalue weighted by Crippen LogP contribution is 2.22. The van der Waals surface area contributed by atoms with Crippen LogP contribution < -0.4 is 5.73 Å². The Morgan fingerprint density at radius 2 is 2.18 bits per heavy atom. The van der Waals surface area contributed by atoms with E-state index in [1.165, 1.54) is 11.3 Å². The molecule has 4 heteroatoms. The minimum Gasteiger partial charge on any atom is -0.330 e. The van der Waals surface area contributed by atoms with E-state index in [1.54, 1.807) is 0 Å². The van der Waals surface area contributed by atoms with Crippen LogP contribution in [0.1, 0.15) is 20.8 Å². The molecule has 1 aromatic heterocycles. The third kappa shape index (κ3) is 3.03. The summed E-state index contributed by atoms with van der Waals surface area (Å²) in [5.74, 6) is 0.0690. The molecule has 2 N–H and O–H groups in total. The van der Waals surface area contributed by atoms with Gasteiger partial charge in [-0.25, -0.2) is 0 Å². The van der Waals surface area contributed by atoms with Crippen LogP contribution in [0.4, 0.5) is 0 Å². The van der Waals surface area contributed by atoms with E-state index in [0.29, 0.717) is 6.54 Å². The topological polar surface area (TPSA) is 43.1 Å². The maximum Gasteiger partial charge on any atom is 0.202 e. The lowest BCUT2D eigenvalue weighted by Gasteiger charge is -2.02. The van der Waals surface area contributed by atoms with Crippen molar-refractivity contribution in [1.82, 2.24) is 0 Å². The summed E-state index contributed by atoms with van der Waals surface area (Å²) in [6.45, 7) is 0.599. The van der Waals surface area contributed by atoms with Crippen molar-refractivity contribution >= 4 is 33.0 Å². The first kappa shape index (κ1) is 12.5. The Morgan fingerprint density at radius 3 is 2.82 bits per heavy atom. The number of benzene rings is 1. The highest BCUT2D eigenvalue weighted by atomic mass is 79.9. The van der Waals surface area contributed by atoms with Crippen LogP contribution in [0.15, 0.2) is 40.2 Å². The minimum absolute atomic E-state index is 0.0690. The van der Waals surface area contributed by atoms with Crippen LogP contribution >= 0.6 is 27.3 Å². The summed E-state index contributed by atoms with van der Waals surface area (Å²) in [7, 11) is 0. The van der Waals surface area contributed by atoms with E-state index in [2.05, 4.69) is 15.9 Å². The Balaban J connectivity index is 2.27. The maximum atomic E-state index is 12.2. The summed E-state index contributed by atoms with van der Waals surface area (Å²) < 4.78 is 0.948. The molecule has 2 aromatic rings. The van der Waals surface area contributed by atoms with E-state index in [9.17, 15) is 4.79 Å². The highest BCUT2D eigenvalue weighted by molar-refractivity contribution is 9.10. The first-order chi connectivity index (χ1) is 8.20. The number of rotatable bonds is 4. The van der Waals surface area contributed by atoms with Gasteiger partial charge in [0.1, 0.15) is 0 Å². The van der Waals surface area contributed by atoms with Gasteiger partial charge in [0, 0.05) is 15.4 Å². The molecule has 2 rings (SSSR count). The molecule has 0 aliphatic carbocycles. The first-order valence-electron chi connectivity index (χ1n) is 5.28. The average molecular weight is 310 g/mol. The van der Waals surface area contributed by atoms with Gasteiger partial charge in [0.25, 0.3) is 0 Å². The lowest BCUT2D eigenvalue weighted by molar-refractivity contribution is 0.104. The molecule has 0 aliphatic heterocycles. The summed E-state index contributed by atoms with van der Waals surface area (Å²) in [5.41, 5.74) is 7.34. The molecule has 1 aromatic carbocycles. The SMILES string of the molecule is NCCc1cccc(C(=O)c2cc(Br)cs2)c1. The van der Waals surface area contributed by atoms with Gasteiger partial charge >= 0.3 is 0 Å². The van der Waals surface area contributed by atoms with Gasteiger partial charge < -0.3 is 5.73 Å². The van der Waals surface area contributed by atoms with E-state index < -0.39 is 0 Å². The summed E-state index contributed by atoms with van der Waals surface area (Å²) in [4.78, 5) is 12.9. The number of carbonyl (C=O) groups excluding carboxylic acids is 1. The van der Waals surface area contributed by atoms with Crippen LogP contribution in [0.2, 0.25) is 0 Å². The highest BCUT2D eigenvalue weighted by Gasteiger charge is 2.11. The van der Waals surface area contributed by atoms with Gasteiger partial charge in [-0.1, -0.05) is 18.2 Å². The van der Waals surface area contributed by atoms with Crippen LogP contribution in [0.25, 0.3) is 0 Å². The van der Waals surface area contributed by atoms with Crippen molar-refractivity contribution in [2.24, 2.45) is 5.73 Å². The number of hydrogen-bond acceptors (Lipinski definition) is 3. The third-order valence-corrected chi connectivity index (χ3v) is 4.10. The fourth-order valence-corrected chi connectivity index (χ4v) is 3.00. The number of thiophene rings is 1. The summed E-state index contributed by atoms with van der Waals surface area (Å²) in [6, 6.07) is 9.51. The zero-order valence-corrected chi connectivity index (χ0v) is 11.6. The predicted molar refractivity (Wildman–Crippen MR) is 74.7 cm³/mol. The van der Waals surface area contributed by atoms with E-state index in [0.717, 1.165) is 26.9 Å². The van der Waals surface area contributed by atoms with Crippen LogP contribution in [0, 0.1) is 0 Å². The first-order valence-corrected chi connectivity index (χ1v) is 6.95. The lowest BCUT2D eigenvalue weighted by Crippen LogP contribution is -2.04. The van der Waals surface area contributed by atoms with Gasteiger partial charge in [-0.3, -0.25) is 4.79 Å². The Labute approximate surface area is 113 Å². The van der Waals surface area contributed by atoms with Crippen molar-refractivity contribution in [2.45, 2.75) is 6.42 Å². The molecule has 0 fully saturated rings. The van der Waals surface area contributed by atoms with Crippen molar-refractivity contribution < 1.29 is 4.79 Å². The van der Waals surface area contributed by atoms with Gasteiger partial charge in [0.05, 0.1) is 4.88 Å². The van der Waals surface area contributed by atoms with Crippen molar-refractivity contribution in [3.8, 4) is 0 Å². The number of carbonyl (C=O) groups is 1. The molecular weight excluding hydrogens is 298 g/mol. The average Bonchev–Trinajstić information content (AvgIpc) is 2.76. The number of halogens is 1. The second-order valence-electron chi connectivity index (χ2n) is 3.70. The fraction of sp³-hybridized carbons (Fsp3) is 0.154. The zero-order valence-electron chi connectivity index (χ0n) is 9.15. The van der Waals surface area contributed by atoms with Gasteiger partial charge in [-0.05, 0) is 46.6 Å². The van der Waals surface area contributed by atoms with Crippen LogP contribution in [-0.2, 0) is 6.42 Å². The Morgan fingerprint density at radius 1 is 1.35 bits per heavy atom. The standard InChI is InChI=1S/C13H12BrNOS/c14-11-7-12(17-8-11)13(16)10-3-1-2-9(6-10)4-5-15/h1-3,6-8H,4-5,15H2. The Bertz CT molecular complexity index is 536. The number of ketones is 1. The van der Waals surface area contributed by atoms with Crippen LogP contribution in [0.3, 0.4) is 0 Å². The zero-order chi connectivity index (χ0) is 12.3. The monoisotopic (exact) mass is 309 g/mol. The molecule has 0 saturated carbocycles. The molecule has 0 radical (unpaired) electrons. The molecule has 17 heavy (non-hydrogen) atoms. The number of hydrogen-bond donors (Lipinski definition) is 1. The molecule has 1 heterocycles. The second-order valence-corrected chi connectivity index (χ2v) is 5.52. The van der Waals surface area contributed by atoms with E-state index >= 15 is 0 Å². The van der Waals surface area contributed by atoms with Crippen molar-refractivity contribution in [3.05, 3.63) is 56.2 Å². The molecular formula is C13H12BrNOS. The summed E-state index contributed by atoms with van der Waals surface area (Å²) >= 11 is 4.80.